The van der Waals surface area contributed by atoms with E-state index in [9.17, 15) is 27.6 Å². The van der Waals surface area contributed by atoms with E-state index in [1.54, 1.807) is 18.7 Å². The van der Waals surface area contributed by atoms with Gasteiger partial charge in [0.05, 0.1) is 23.8 Å². The molecule has 2 aromatic carbocycles. The van der Waals surface area contributed by atoms with Crippen LogP contribution in [0.1, 0.15) is 46.9 Å². The van der Waals surface area contributed by atoms with Crippen LogP contribution < -0.4 is 5.32 Å². The van der Waals surface area contributed by atoms with Gasteiger partial charge in [0.15, 0.2) is 0 Å². The number of amides is 3. The number of hydrogen-bond donors (Lipinski definition) is 1. The number of hydrogen-bond acceptors (Lipinski definition) is 5. The van der Waals surface area contributed by atoms with Crippen molar-refractivity contribution in [2.45, 2.75) is 33.0 Å². The largest absolute Gasteiger partial charge is 0.463 e. The minimum Gasteiger partial charge on any atom is -0.463 e. The van der Waals surface area contributed by atoms with Gasteiger partial charge in [-0.1, -0.05) is 29.8 Å². The molecule has 2 aromatic rings. The normalized spacial score (nSPS) is 18.6. The number of nitrogens with zero attached hydrogens (tertiary/aromatic N) is 3. The van der Waals surface area contributed by atoms with E-state index < -0.39 is 29.8 Å². The first kappa shape index (κ1) is 29.1. The van der Waals surface area contributed by atoms with E-state index in [1.807, 2.05) is 31.2 Å². The van der Waals surface area contributed by atoms with Crippen LogP contribution >= 0.6 is 0 Å². The summed E-state index contributed by atoms with van der Waals surface area (Å²) in [7, 11) is 0. The maximum atomic E-state index is 13.2. The smallest absolute Gasteiger partial charge is 0.416 e. The Hall–Kier alpha value is -3.86. The molecule has 0 aliphatic carbocycles. The van der Waals surface area contributed by atoms with Crippen LogP contribution in [0.3, 0.4) is 0 Å². The Morgan fingerprint density at radius 2 is 1.60 bits per heavy atom. The molecule has 0 saturated carbocycles. The summed E-state index contributed by atoms with van der Waals surface area (Å²) >= 11 is 0. The summed E-state index contributed by atoms with van der Waals surface area (Å²) in [6.07, 6.45) is -4.51. The summed E-state index contributed by atoms with van der Waals surface area (Å²) in [4.78, 5) is 44.6. The molecule has 0 radical (unpaired) electrons. The highest BCUT2D eigenvalue weighted by molar-refractivity contribution is 5.95. The van der Waals surface area contributed by atoms with Crippen LogP contribution in [0.2, 0.25) is 0 Å². The lowest BCUT2D eigenvalue weighted by Gasteiger charge is -2.40. The molecule has 1 saturated heterocycles. The van der Waals surface area contributed by atoms with Crippen molar-refractivity contribution in [2.24, 2.45) is 0 Å². The van der Waals surface area contributed by atoms with Crippen molar-refractivity contribution in [3.63, 3.8) is 0 Å². The first-order chi connectivity index (χ1) is 19.0. The van der Waals surface area contributed by atoms with Crippen molar-refractivity contribution in [1.29, 1.82) is 0 Å². The summed E-state index contributed by atoms with van der Waals surface area (Å²) in [5.41, 5.74) is 1.82. The highest BCUT2D eigenvalue weighted by atomic mass is 19.4. The van der Waals surface area contributed by atoms with Crippen molar-refractivity contribution < 1.29 is 32.3 Å². The molecule has 8 nitrogen and oxygen atoms in total. The molecule has 11 heteroatoms. The summed E-state index contributed by atoms with van der Waals surface area (Å²) in [6, 6.07) is 10.4. The van der Waals surface area contributed by atoms with Gasteiger partial charge in [-0.3, -0.25) is 14.6 Å². The molecule has 0 bridgehead atoms. The van der Waals surface area contributed by atoms with Crippen LogP contribution in [-0.2, 0) is 15.7 Å². The maximum Gasteiger partial charge on any atom is 0.416 e. The highest BCUT2D eigenvalue weighted by Gasteiger charge is 2.39. The fourth-order valence-electron chi connectivity index (χ4n) is 4.97. The summed E-state index contributed by atoms with van der Waals surface area (Å²) in [5, 5.41) is 2.77. The van der Waals surface area contributed by atoms with Gasteiger partial charge in [0.1, 0.15) is 0 Å². The molecule has 40 heavy (non-hydrogen) atoms. The van der Waals surface area contributed by atoms with Crippen LogP contribution in [0.5, 0.6) is 0 Å². The number of nitrogens with one attached hydrogen (secondary N) is 1. The van der Waals surface area contributed by atoms with Gasteiger partial charge in [-0.2, -0.15) is 13.2 Å². The van der Waals surface area contributed by atoms with Gasteiger partial charge >= 0.3 is 18.2 Å². The third-order valence-corrected chi connectivity index (χ3v) is 7.15. The average Bonchev–Trinajstić information content (AvgIpc) is 2.93. The van der Waals surface area contributed by atoms with Gasteiger partial charge < -0.3 is 15.0 Å². The van der Waals surface area contributed by atoms with Crippen molar-refractivity contribution in [2.75, 3.05) is 45.9 Å². The molecule has 1 fully saturated rings. The fourth-order valence-corrected chi connectivity index (χ4v) is 4.97. The van der Waals surface area contributed by atoms with Crippen molar-refractivity contribution in [3.05, 3.63) is 82.1 Å². The molecular weight excluding hydrogens is 525 g/mol. The molecule has 3 amide bonds. The number of esters is 1. The third kappa shape index (κ3) is 6.30. The van der Waals surface area contributed by atoms with E-state index >= 15 is 0 Å². The molecule has 1 atom stereocenters. The number of ether oxygens (including phenoxy) is 1. The van der Waals surface area contributed by atoms with Crippen molar-refractivity contribution >= 4 is 17.9 Å². The zero-order valence-electron chi connectivity index (χ0n) is 22.8. The lowest BCUT2D eigenvalue weighted by atomic mass is 9.93. The standard InChI is InChI=1S/C29H33F3N4O4/c1-4-36-23(18-34-14-16-35(17-15-34)26(37)21-8-6-19(3)7-9-21)24(27(38)40-5-2)25(33-28(36)39)20-10-12-22(13-11-20)29(30,31)32/h6-13,25H,4-5,14-18H2,1-3H3,(H,33,39)/t25-/m0/s1. The van der Waals surface area contributed by atoms with Gasteiger partial charge in [-0.05, 0) is 50.6 Å². The number of benzene rings is 2. The summed E-state index contributed by atoms with van der Waals surface area (Å²) in [5.74, 6) is -0.699. The number of aryl methyl sites for hydroxylation is 1. The fraction of sp³-hybridized carbons (Fsp3) is 0.414. The Morgan fingerprint density at radius 3 is 2.15 bits per heavy atom. The van der Waals surface area contributed by atoms with E-state index in [2.05, 4.69) is 10.2 Å². The average molecular weight is 559 g/mol. The zero-order chi connectivity index (χ0) is 29.0. The number of carbonyl (C=O) groups excluding carboxylic acids is 3. The van der Waals surface area contributed by atoms with E-state index in [-0.39, 0.29) is 31.2 Å². The van der Waals surface area contributed by atoms with E-state index in [0.29, 0.717) is 43.0 Å². The lowest BCUT2D eigenvalue weighted by molar-refractivity contribution is -0.139. The quantitative estimate of drug-likeness (QED) is 0.511. The second kappa shape index (κ2) is 12.1. The molecule has 214 valence electrons. The number of likely N-dealkylation sites (N-methyl/N-ethyl adjacent to an activating group) is 1. The Bertz CT molecular complexity index is 1270. The number of rotatable bonds is 7. The minimum absolute atomic E-state index is 0.0549. The van der Waals surface area contributed by atoms with Crippen LogP contribution in [-0.4, -0.2) is 78.5 Å². The van der Waals surface area contributed by atoms with Gasteiger partial charge in [0.2, 0.25) is 0 Å². The third-order valence-electron chi connectivity index (χ3n) is 7.15. The highest BCUT2D eigenvalue weighted by Crippen LogP contribution is 2.35. The predicted molar refractivity (Wildman–Crippen MR) is 142 cm³/mol. The molecule has 0 aromatic heterocycles. The second-order valence-electron chi connectivity index (χ2n) is 9.76. The minimum atomic E-state index is -4.51. The number of urea groups is 1. The SMILES string of the molecule is CCOC(=O)C1=C(CN2CCN(C(=O)c3ccc(C)cc3)CC2)N(CC)C(=O)N[C@H]1c1ccc(C(F)(F)F)cc1. The van der Waals surface area contributed by atoms with Crippen molar-refractivity contribution in [3.8, 4) is 0 Å². The van der Waals surface area contributed by atoms with Gasteiger partial charge in [-0.15, -0.1) is 0 Å². The molecule has 1 N–H and O–H groups in total. The first-order valence-electron chi connectivity index (χ1n) is 13.3. The van der Waals surface area contributed by atoms with Crippen molar-refractivity contribution in [1.82, 2.24) is 20.0 Å². The van der Waals surface area contributed by atoms with E-state index in [4.69, 9.17) is 4.74 Å². The first-order valence-corrected chi connectivity index (χ1v) is 13.3. The molecule has 0 unspecified atom stereocenters. The Kier molecular flexibility index (Phi) is 8.82. The van der Waals surface area contributed by atoms with Crippen LogP contribution in [0, 0.1) is 6.92 Å². The van der Waals surface area contributed by atoms with Gasteiger partial charge in [-0.25, -0.2) is 9.59 Å². The molecule has 2 aliphatic rings. The van der Waals surface area contributed by atoms with Gasteiger partial charge in [0.25, 0.3) is 5.91 Å². The van der Waals surface area contributed by atoms with Crippen LogP contribution in [0.25, 0.3) is 0 Å². The second-order valence-corrected chi connectivity index (χ2v) is 9.76. The Morgan fingerprint density at radius 1 is 0.975 bits per heavy atom. The Balaban J connectivity index is 1.60. The molecular formula is C29H33F3N4O4. The summed E-state index contributed by atoms with van der Waals surface area (Å²) in [6.45, 7) is 7.96. The number of halogens is 3. The topological polar surface area (TPSA) is 82.2 Å². The predicted octanol–water partition coefficient (Wildman–Crippen LogP) is 4.38. The molecule has 0 spiro atoms. The molecule has 4 rings (SSSR count). The number of alkyl halides is 3. The molecule has 2 heterocycles. The molecule has 2 aliphatic heterocycles. The summed E-state index contributed by atoms with van der Waals surface area (Å²) < 4.78 is 44.8. The van der Waals surface area contributed by atoms with Crippen LogP contribution in [0.15, 0.2) is 59.8 Å². The van der Waals surface area contributed by atoms with Crippen LogP contribution in [0.4, 0.5) is 18.0 Å². The maximum absolute atomic E-state index is 13.2. The lowest BCUT2D eigenvalue weighted by Crippen LogP contribution is -2.53. The number of piperazine rings is 1. The number of carbonyl (C=O) groups is 3. The van der Waals surface area contributed by atoms with Gasteiger partial charge in [0, 0.05) is 50.5 Å². The monoisotopic (exact) mass is 558 g/mol. The van der Waals surface area contributed by atoms with E-state index in [0.717, 1.165) is 17.7 Å². The van der Waals surface area contributed by atoms with E-state index in [1.165, 1.54) is 17.0 Å². The Labute approximate surface area is 231 Å². The zero-order valence-corrected chi connectivity index (χ0v) is 22.8.